The van der Waals surface area contributed by atoms with Crippen LogP contribution in [0.1, 0.15) is 67.5 Å². The van der Waals surface area contributed by atoms with E-state index >= 15 is 0 Å². The fraction of sp³-hybridized carbons (Fsp3) is 0.750. The molecule has 0 radical (unpaired) electrons. The summed E-state index contributed by atoms with van der Waals surface area (Å²) in [7, 11) is 0. The van der Waals surface area contributed by atoms with E-state index in [-0.39, 0.29) is 5.54 Å². The molecule has 0 saturated carbocycles. The lowest BCUT2D eigenvalue weighted by Crippen LogP contribution is -2.46. The summed E-state index contributed by atoms with van der Waals surface area (Å²) < 4.78 is 7.46. The lowest BCUT2D eigenvalue weighted by molar-refractivity contribution is 0.0464. The third-order valence-corrected chi connectivity index (χ3v) is 3.61. The summed E-state index contributed by atoms with van der Waals surface area (Å²) >= 11 is 0. The first-order valence-electron chi connectivity index (χ1n) is 7.43. The van der Waals surface area contributed by atoms with Gasteiger partial charge in [-0.25, -0.2) is 9.78 Å². The van der Waals surface area contributed by atoms with Crippen LogP contribution in [0.5, 0.6) is 0 Å². The normalized spacial score (nSPS) is 13.1. The zero-order chi connectivity index (χ0) is 16.5. The zero-order valence-corrected chi connectivity index (χ0v) is 14.6. The number of ether oxygens (including phenoxy) is 1. The number of alkyl carbamates (subject to hydrolysis) is 1. The molecule has 0 aromatic carbocycles. The van der Waals surface area contributed by atoms with Crippen LogP contribution in [-0.2, 0) is 15.8 Å². The topological polar surface area (TPSA) is 56.2 Å². The summed E-state index contributed by atoms with van der Waals surface area (Å²) in [5, 5.41) is 2.93. The molecule has 0 unspecified atom stereocenters. The van der Waals surface area contributed by atoms with Gasteiger partial charge in [-0.05, 0) is 54.9 Å². The van der Waals surface area contributed by atoms with Gasteiger partial charge in [0.05, 0.1) is 23.8 Å². The van der Waals surface area contributed by atoms with Crippen molar-refractivity contribution in [3.63, 3.8) is 0 Å². The monoisotopic (exact) mass is 295 g/mol. The predicted octanol–water partition coefficient (Wildman–Crippen LogP) is 3.79. The highest BCUT2D eigenvalue weighted by atomic mass is 16.6. The highest BCUT2D eigenvalue weighted by Crippen LogP contribution is 2.28. The highest BCUT2D eigenvalue weighted by Gasteiger charge is 2.32. The molecule has 0 aliphatic carbocycles. The fourth-order valence-electron chi connectivity index (χ4n) is 2.03. The van der Waals surface area contributed by atoms with Gasteiger partial charge in [0.25, 0.3) is 0 Å². The van der Waals surface area contributed by atoms with E-state index in [1.165, 1.54) is 0 Å². The highest BCUT2D eigenvalue weighted by molar-refractivity contribution is 5.68. The van der Waals surface area contributed by atoms with Crippen LogP contribution in [0.15, 0.2) is 12.5 Å². The number of nitrogens with zero attached hydrogens (tertiary/aromatic N) is 2. The number of imidazole rings is 1. The molecule has 1 aromatic heterocycles. The summed E-state index contributed by atoms with van der Waals surface area (Å²) in [6.07, 6.45) is 4.17. The van der Waals surface area contributed by atoms with Crippen molar-refractivity contribution in [2.45, 2.75) is 78.5 Å². The molecule has 5 nitrogen and oxygen atoms in total. The van der Waals surface area contributed by atoms with Crippen LogP contribution in [0.25, 0.3) is 0 Å². The number of carbonyl (C=O) groups excluding carboxylic acids is 1. The number of rotatable bonds is 4. The number of nitrogens with one attached hydrogen (secondary N) is 1. The molecule has 1 rings (SSSR count). The van der Waals surface area contributed by atoms with Crippen LogP contribution >= 0.6 is 0 Å². The van der Waals surface area contributed by atoms with Gasteiger partial charge in [0.15, 0.2) is 0 Å². The van der Waals surface area contributed by atoms with Crippen LogP contribution in [-0.4, -0.2) is 21.2 Å². The second kappa shape index (κ2) is 5.70. The van der Waals surface area contributed by atoms with E-state index in [4.69, 9.17) is 4.74 Å². The maximum atomic E-state index is 12.0. The second-order valence-electron chi connectivity index (χ2n) is 7.57. The third kappa shape index (κ3) is 4.48. The average molecular weight is 295 g/mol. The van der Waals surface area contributed by atoms with Crippen LogP contribution < -0.4 is 5.32 Å². The maximum Gasteiger partial charge on any atom is 0.408 e. The molecule has 0 atom stereocenters. The Morgan fingerprint density at radius 3 is 2.29 bits per heavy atom. The van der Waals surface area contributed by atoms with Crippen molar-refractivity contribution in [1.29, 1.82) is 0 Å². The van der Waals surface area contributed by atoms with Gasteiger partial charge < -0.3 is 14.6 Å². The van der Waals surface area contributed by atoms with Crippen LogP contribution in [0.3, 0.4) is 0 Å². The first-order valence-corrected chi connectivity index (χ1v) is 7.43. The standard InChI is InChI=1S/C16H29N3O2/c1-9-15(5,6)19-11-17-10-12(19)16(7,8)18-13(20)21-14(2,3)4/h10-11H,9H2,1-8H3,(H,18,20). The molecule has 21 heavy (non-hydrogen) atoms. The van der Waals surface area contributed by atoms with E-state index in [1.54, 1.807) is 6.20 Å². The number of hydrogen-bond donors (Lipinski definition) is 1. The molecule has 0 saturated heterocycles. The minimum absolute atomic E-state index is 0.0568. The average Bonchev–Trinajstić information content (AvgIpc) is 2.75. The summed E-state index contributed by atoms with van der Waals surface area (Å²) in [5.41, 5.74) is -0.173. The van der Waals surface area contributed by atoms with Gasteiger partial charge in [0.2, 0.25) is 0 Å². The Morgan fingerprint density at radius 1 is 1.24 bits per heavy atom. The molecule has 0 spiro atoms. The van der Waals surface area contributed by atoms with Crippen molar-refractivity contribution >= 4 is 6.09 Å². The molecular weight excluding hydrogens is 266 g/mol. The Kier molecular flexibility index (Phi) is 4.76. The van der Waals surface area contributed by atoms with Crippen molar-refractivity contribution in [3.8, 4) is 0 Å². The van der Waals surface area contributed by atoms with E-state index in [9.17, 15) is 4.79 Å². The summed E-state index contributed by atoms with van der Waals surface area (Å²) in [6.45, 7) is 15.9. The van der Waals surface area contributed by atoms with Crippen molar-refractivity contribution in [3.05, 3.63) is 18.2 Å². The van der Waals surface area contributed by atoms with Gasteiger partial charge in [0, 0.05) is 5.54 Å². The molecule has 5 heteroatoms. The molecule has 0 fully saturated rings. The van der Waals surface area contributed by atoms with Crippen LogP contribution in [0.4, 0.5) is 4.79 Å². The Bertz CT molecular complexity index is 496. The molecule has 1 heterocycles. The quantitative estimate of drug-likeness (QED) is 0.919. The van der Waals surface area contributed by atoms with Crippen LogP contribution in [0.2, 0.25) is 0 Å². The third-order valence-electron chi connectivity index (χ3n) is 3.61. The molecule has 1 aromatic rings. The van der Waals surface area contributed by atoms with Gasteiger partial charge in [-0.2, -0.15) is 0 Å². The van der Waals surface area contributed by atoms with Crippen molar-refractivity contribution in [2.24, 2.45) is 0 Å². The Balaban J connectivity index is 2.99. The minimum Gasteiger partial charge on any atom is -0.444 e. The van der Waals surface area contributed by atoms with E-state index in [0.29, 0.717) is 0 Å². The predicted molar refractivity (Wildman–Crippen MR) is 84.2 cm³/mol. The molecule has 120 valence electrons. The Morgan fingerprint density at radius 2 is 1.81 bits per heavy atom. The number of carbonyl (C=O) groups is 1. The SMILES string of the molecule is CCC(C)(C)n1cncc1C(C)(C)NC(=O)OC(C)(C)C. The van der Waals surface area contributed by atoms with E-state index in [1.807, 2.05) is 40.9 Å². The molecule has 1 amide bonds. The van der Waals surface area contributed by atoms with Crippen molar-refractivity contribution in [1.82, 2.24) is 14.9 Å². The van der Waals surface area contributed by atoms with Gasteiger partial charge in [-0.15, -0.1) is 0 Å². The van der Waals surface area contributed by atoms with E-state index < -0.39 is 17.2 Å². The number of aromatic nitrogens is 2. The second-order valence-corrected chi connectivity index (χ2v) is 7.57. The Hall–Kier alpha value is -1.52. The summed E-state index contributed by atoms with van der Waals surface area (Å²) in [4.78, 5) is 16.3. The van der Waals surface area contributed by atoms with Crippen LogP contribution in [0, 0.1) is 0 Å². The van der Waals surface area contributed by atoms with E-state index in [0.717, 1.165) is 12.1 Å². The molecule has 0 aliphatic heterocycles. The maximum absolute atomic E-state index is 12.0. The molecule has 0 bridgehead atoms. The van der Waals surface area contributed by atoms with Gasteiger partial charge in [-0.3, -0.25) is 0 Å². The lowest BCUT2D eigenvalue weighted by Gasteiger charge is -2.34. The Labute approximate surface area is 128 Å². The van der Waals surface area contributed by atoms with Crippen molar-refractivity contribution < 1.29 is 9.53 Å². The van der Waals surface area contributed by atoms with Crippen molar-refractivity contribution in [2.75, 3.05) is 0 Å². The lowest BCUT2D eigenvalue weighted by atomic mass is 9.96. The summed E-state index contributed by atoms with van der Waals surface area (Å²) in [5.74, 6) is 0. The number of amides is 1. The molecule has 0 aliphatic rings. The molecular formula is C16H29N3O2. The van der Waals surface area contributed by atoms with Gasteiger partial charge >= 0.3 is 6.09 Å². The largest absolute Gasteiger partial charge is 0.444 e. The number of hydrogen-bond acceptors (Lipinski definition) is 3. The molecule has 1 N–H and O–H groups in total. The summed E-state index contributed by atoms with van der Waals surface area (Å²) in [6, 6.07) is 0. The smallest absolute Gasteiger partial charge is 0.408 e. The first-order chi connectivity index (χ1) is 9.39. The first kappa shape index (κ1) is 17.5. The van der Waals surface area contributed by atoms with Gasteiger partial charge in [-0.1, -0.05) is 6.92 Å². The van der Waals surface area contributed by atoms with E-state index in [2.05, 4.69) is 35.6 Å². The zero-order valence-electron chi connectivity index (χ0n) is 14.6. The fourth-order valence-corrected chi connectivity index (χ4v) is 2.03. The van der Waals surface area contributed by atoms with Gasteiger partial charge in [0.1, 0.15) is 5.60 Å². The minimum atomic E-state index is -0.564.